The second-order valence-corrected chi connectivity index (χ2v) is 6.75. The molecule has 1 N–H and O–H groups in total. The molecule has 0 aromatic rings. The van der Waals surface area contributed by atoms with Crippen molar-refractivity contribution < 1.29 is 19.0 Å². The van der Waals surface area contributed by atoms with E-state index in [1.54, 1.807) is 0 Å². The number of esters is 1. The minimum absolute atomic E-state index is 0.0998. The molecule has 1 rings (SSSR count). The first-order valence-electron chi connectivity index (χ1n) is 7.32. The summed E-state index contributed by atoms with van der Waals surface area (Å²) in [5, 5.41) is 3.63. The van der Waals surface area contributed by atoms with Crippen molar-refractivity contribution in [3.63, 3.8) is 0 Å². The minimum atomic E-state index is -0.274. The van der Waals surface area contributed by atoms with Crippen LogP contribution in [0, 0.1) is 0 Å². The number of carbonyl (C=O) groups excluding carboxylic acids is 1. The van der Waals surface area contributed by atoms with Crippen LogP contribution in [0.2, 0.25) is 0 Å². The zero-order chi connectivity index (χ0) is 15.2. The van der Waals surface area contributed by atoms with Crippen molar-refractivity contribution in [2.75, 3.05) is 26.4 Å². The summed E-state index contributed by atoms with van der Waals surface area (Å²) in [6.45, 7) is 12.1. The van der Waals surface area contributed by atoms with Crippen LogP contribution in [-0.4, -0.2) is 49.6 Å². The average molecular weight is 287 g/mol. The van der Waals surface area contributed by atoms with Crippen molar-refractivity contribution in [2.45, 2.75) is 64.6 Å². The molecule has 0 atom stereocenters. The third-order valence-corrected chi connectivity index (χ3v) is 3.27. The number of piperidine rings is 1. The predicted octanol–water partition coefficient (Wildman–Crippen LogP) is 1.89. The van der Waals surface area contributed by atoms with Crippen LogP contribution < -0.4 is 5.32 Å². The summed E-state index contributed by atoms with van der Waals surface area (Å²) in [7, 11) is 0. The molecule has 0 bridgehead atoms. The van der Waals surface area contributed by atoms with Gasteiger partial charge in [-0.05, 0) is 40.5 Å². The van der Waals surface area contributed by atoms with E-state index in [4.69, 9.17) is 14.2 Å². The fourth-order valence-corrected chi connectivity index (χ4v) is 2.97. The average Bonchev–Trinajstić information content (AvgIpc) is 2.22. The highest BCUT2D eigenvalue weighted by molar-refractivity contribution is 5.65. The quantitative estimate of drug-likeness (QED) is 0.572. The van der Waals surface area contributed by atoms with Crippen LogP contribution >= 0.6 is 0 Å². The highest BCUT2D eigenvalue weighted by Gasteiger charge is 2.37. The summed E-state index contributed by atoms with van der Waals surface area (Å²) >= 11 is 0. The Kier molecular flexibility index (Phi) is 6.43. The van der Waals surface area contributed by atoms with E-state index >= 15 is 0 Å². The summed E-state index contributed by atoms with van der Waals surface area (Å²) in [6, 6.07) is 0. The highest BCUT2D eigenvalue weighted by Crippen LogP contribution is 2.30. The second-order valence-electron chi connectivity index (χ2n) is 6.75. The number of carbonyl (C=O) groups is 1. The molecule has 5 nitrogen and oxygen atoms in total. The minimum Gasteiger partial charge on any atom is -0.463 e. The van der Waals surface area contributed by atoms with Gasteiger partial charge in [-0.2, -0.15) is 0 Å². The first-order valence-corrected chi connectivity index (χ1v) is 7.32. The standard InChI is InChI=1S/C15H29NO4/c1-12(17)19-8-6-18-7-9-20-13-10-14(2,3)16-15(4,5)11-13/h13,16H,6-11H2,1-5H3. The van der Waals surface area contributed by atoms with Crippen LogP contribution in [0.5, 0.6) is 0 Å². The van der Waals surface area contributed by atoms with E-state index in [1.807, 2.05) is 0 Å². The molecule has 0 unspecified atom stereocenters. The Morgan fingerprint density at radius 3 is 2.15 bits per heavy atom. The number of nitrogens with one attached hydrogen (secondary N) is 1. The van der Waals surface area contributed by atoms with Gasteiger partial charge in [-0.15, -0.1) is 0 Å². The topological polar surface area (TPSA) is 56.8 Å². The van der Waals surface area contributed by atoms with Crippen LogP contribution in [0.3, 0.4) is 0 Å². The Bertz CT molecular complexity index is 299. The molecule has 0 aliphatic carbocycles. The van der Waals surface area contributed by atoms with Crippen LogP contribution in [0.1, 0.15) is 47.5 Å². The van der Waals surface area contributed by atoms with Gasteiger partial charge in [-0.1, -0.05) is 0 Å². The van der Waals surface area contributed by atoms with Crippen LogP contribution in [0.4, 0.5) is 0 Å². The molecule has 0 amide bonds. The van der Waals surface area contributed by atoms with Gasteiger partial charge in [0.25, 0.3) is 0 Å². The van der Waals surface area contributed by atoms with Gasteiger partial charge in [0.15, 0.2) is 0 Å². The van der Waals surface area contributed by atoms with Crippen molar-refractivity contribution in [3.05, 3.63) is 0 Å². The third kappa shape index (κ3) is 7.22. The monoisotopic (exact) mass is 287 g/mol. The maximum Gasteiger partial charge on any atom is 0.302 e. The van der Waals surface area contributed by atoms with Gasteiger partial charge in [0.2, 0.25) is 0 Å². The normalized spacial score (nSPS) is 21.6. The van der Waals surface area contributed by atoms with E-state index in [0.717, 1.165) is 12.8 Å². The summed E-state index contributed by atoms with van der Waals surface area (Å²) in [6.07, 6.45) is 2.27. The largest absolute Gasteiger partial charge is 0.463 e. The van der Waals surface area contributed by atoms with E-state index in [-0.39, 0.29) is 23.2 Å². The van der Waals surface area contributed by atoms with Gasteiger partial charge in [-0.25, -0.2) is 0 Å². The molecule has 0 radical (unpaired) electrons. The van der Waals surface area contributed by atoms with Crippen LogP contribution in [-0.2, 0) is 19.0 Å². The Labute approximate surface area is 122 Å². The van der Waals surface area contributed by atoms with E-state index < -0.39 is 0 Å². The van der Waals surface area contributed by atoms with E-state index in [9.17, 15) is 4.79 Å². The van der Waals surface area contributed by atoms with Gasteiger partial charge >= 0.3 is 5.97 Å². The Morgan fingerprint density at radius 2 is 1.60 bits per heavy atom. The molecule has 0 aromatic heterocycles. The lowest BCUT2D eigenvalue weighted by Crippen LogP contribution is -2.59. The summed E-state index contributed by atoms with van der Waals surface area (Å²) < 4.78 is 16.1. The molecule has 0 spiro atoms. The van der Waals surface area contributed by atoms with Gasteiger partial charge in [0, 0.05) is 18.0 Å². The lowest BCUT2D eigenvalue weighted by atomic mass is 9.81. The SMILES string of the molecule is CC(=O)OCCOCCOC1CC(C)(C)NC(C)(C)C1. The van der Waals surface area contributed by atoms with Crippen molar-refractivity contribution in [1.82, 2.24) is 5.32 Å². The van der Waals surface area contributed by atoms with Crippen molar-refractivity contribution in [3.8, 4) is 0 Å². The molecule has 1 aliphatic rings. The number of ether oxygens (including phenoxy) is 3. The molecule has 0 aromatic carbocycles. The van der Waals surface area contributed by atoms with Gasteiger partial charge in [0.1, 0.15) is 6.61 Å². The summed E-state index contributed by atoms with van der Waals surface area (Å²) in [5.74, 6) is -0.274. The van der Waals surface area contributed by atoms with Crippen LogP contribution in [0.25, 0.3) is 0 Å². The van der Waals surface area contributed by atoms with Crippen LogP contribution in [0.15, 0.2) is 0 Å². The number of rotatable bonds is 7. The molecule has 1 fully saturated rings. The van der Waals surface area contributed by atoms with Gasteiger partial charge < -0.3 is 19.5 Å². The van der Waals surface area contributed by atoms with Crippen molar-refractivity contribution in [2.24, 2.45) is 0 Å². The molecule has 1 saturated heterocycles. The zero-order valence-corrected chi connectivity index (χ0v) is 13.5. The molecule has 5 heteroatoms. The third-order valence-electron chi connectivity index (χ3n) is 3.27. The van der Waals surface area contributed by atoms with Gasteiger partial charge in [-0.3, -0.25) is 4.79 Å². The molecule has 20 heavy (non-hydrogen) atoms. The van der Waals surface area contributed by atoms with Crippen molar-refractivity contribution in [1.29, 1.82) is 0 Å². The Morgan fingerprint density at radius 1 is 1.05 bits per heavy atom. The summed E-state index contributed by atoms with van der Waals surface area (Å²) in [4.78, 5) is 10.6. The maximum atomic E-state index is 10.6. The molecule has 0 saturated carbocycles. The molecule has 1 heterocycles. The fraction of sp³-hybridized carbons (Fsp3) is 0.933. The first kappa shape index (κ1) is 17.4. The molecular formula is C15H29NO4. The molecular weight excluding hydrogens is 258 g/mol. The Hall–Kier alpha value is -0.650. The number of hydrogen-bond donors (Lipinski definition) is 1. The molecule has 118 valence electrons. The van der Waals surface area contributed by atoms with E-state index in [2.05, 4.69) is 33.0 Å². The highest BCUT2D eigenvalue weighted by atomic mass is 16.6. The Balaban J connectivity index is 2.14. The fourth-order valence-electron chi connectivity index (χ4n) is 2.97. The predicted molar refractivity (Wildman–Crippen MR) is 77.7 cm³/mol. The smallest absolute Gasteiger partial charge is 0.302 e. The number of hydrogen-bond acceptors (Lipinski definition) is 5. The summed E-state index contributed by atoms with van der Waals surface area (Å²) in [5.41, 5.74) is 0.200. The first-order chi connectivity index (χ1) is 9.20. The van der Waals surface area contributed by atoms with Gasteiger partial charge in [0.05, 0.1) is 25.9 Å². The molecule has 1 aliphatic heterocycles. The van der Waals surface area contributed by atoms with E-state index in [1.165, 1.54) is 6.92 Å². The lowest BCUT2D eigenvalue weighted by Gasteiger charge is -2.46. The maximum absolute atomic E-state index is 10.6. The lowest BCUT2D eigenvalue weighted by molar-refractivity contribution is -0.142. The van der Waals surface area contributed by atoms with E-state index in [0.29, 0.717) is 26.4 Å². The second kappa shape index (κ2) is 7.38. The zero-order valence-electron chi connectivity index (χ0n) is 13.5. The van der Waals surface area contributed by atoms with Crippen molar-refractivity contribution >= 4 is 5.97 Å².